The summed E-state index contributed by atoms with van der Waals surface area (Å²) >= 11 is 1.76. The van der Waals surface area contributed by atoms with E-state index < -0.39 is 0 Å². The predicted octanol–water partition coefficient (Wildman–Crippen LogP) is 4.84. The Hall–Kier alpha value is -2.13. The third kappa shape index (κ3) is 1.89. The van der Waals surface area contributed by atoms with Gasteiger partial charge in [-0.05, 0) is 35.1 Å². The molecule has 0 aliphatic heterocycles. The smallest absolute Gasteiger partial charge is 0.200 e. The van der Waals surface area contributed by atoms with Crippen molar-refractivity contribution in [1.29, 1.82) is 0 Å². The molecule has 0 amide bonds. The quantitative estimate of drug-likeness (QED) is 0.643. The van der Waals surface area contributed by atoms with Crippen LogP contribution in [-0.2, 0) is 6.42 Å². The molecule has 1 aromatic carbocycles. The summed E-state index contributed by atoms with van der Waals surface area (Å²) in [6, 6.07) is 11.7. The number of thiophene rings is 1. The van der Waals surface area contributed by atoms with Crippen LogP contribution in [0.3, 0.4) is 0 Å². The molecule has 3 aromatic rings. The Morgan fingerprint density at radius 3 is 2.82 bits per heavy atom. The summed E-state index contributed by atoms with van der Waals surface area (Å²) in [5, 5.41) is 2.74. The first-order chi connectivity index (χ1) is 10.7. The summed E-state index contributed by atoms with van der Waals surface area (Å²) in [5.41, 5.74) is 2.31. The van der Waals surface area contributed by atoms with Gasteiger partial charge in [-0.3, -0.25) is 4.79 Å². The molecule has 110 valence electrons. The van der Waals surface area contributed by atoms with Crippen molar-refractivity contribution >= 4 is 27.9 Å². The molecule has 2 atom stereocenters. The van der Waals surface area contributed by atoms with Gasteiger partial charge in [0.2, 0.25) is 0 Å². The Bertz CT molecular complexity index is 918. The lowest BCUT2D eigenvalue weighted by atomic mass is 9.75. The van der Waals surface area contributed by atoms with Gasteiger partial charge in [0, 0.05) is 17.2 Å². The van der Waals surface area contributed by atoms with Gasteiger partial charge < -0.3 is 4.42 Å². The summed E-state index contributed by atoms with van der Waals surface area (Å²) < 4.78 is 6.06. The molecule has 0 spiro atoms. The highest BCUT2D eigenvalue weighted by molar-refractivity contribution is 7.10. The van der Waals surface area contributed by atoms with Gasteiger partial charge in [0.15, 0.2) is 5.43 Å². The van der Waals surface area contributed by atoms with Crippen LogP contribution < -0.4 is 5.43 Å². The summed E-state index contributed by atoms with van der Waals surface area (Å²) in [5.74, 6) is 1.37. The SMILES string of the molecule is C=C1c2c(oc3ccccc3c2=O)C[C@H](c2cccs2)[C@H]1C. The first-order valence-corrected chi connectivity index (χ1v) is 8.32. The standard InChI is InChI=1S/C19H16O2S/c1-11-12(2)18-16(10-14(11)17-8-5-9-22-17)21-15-7-4-3-6-13(15)19(18)20/h3-9,11,14H,2,10H2,1H3/t11-,14-/m0/s1. The van der Waals surface area contributed by atoms with E-state index in [-0.39, 0.29) is 11.3 Å². The van der Waals surface area contributed by atoms with Crippen LogP contribution >= 0.6 is 11.3 Å². The van der Waals surface area contributed by atoms with Crippen LogP contribution in [0.15, 0.2) is 57.6 Å². The van der Waals surface area contributed by atoms with Crippen LogP contribution in [0, 0.1) is 5.92 Å². The van der Waals surface area contributed by atoms with Crippen molar-refractivity contribution in [3.8, 4) is 0 Å². The lowest BCUT2D eigenvalue weighted by Gasteiger charge is -2.30. The zero-order valence-electron chi connectivity index (χ0n) is 12.3. The number of para-hydroxylation sites is 1. The van der Waals surface area contributed by atoms with Gasteiger partial charge in [0.1, 0.15) is 11.3 Å². The normalized spacial score (nSPS) is 21.0. The highest BCUT2D eigenvalue weighted by Crippen LogP contribution is 2.43. The maximum absolute atomic E-state index is 12.8. The van der Waals surface area contributed by atoms with Crippen LogP contribution in [0.4, 0.5) is 0 Å². The van der Waals surface area contributed by atoms with E-state index in [0.717, 1.165) is 17.8 Å². The maximum Gasteiger partial charge on any atom is 0.200 e. The van der Waals surface area contributed by atoms with Gasteiger partial charge in [0.25, 0.3) is 0 Å². The van der Waals surface area contributed by atoms with E-state index >= 15 is 0 Å². The Morgan fingerprint density at radius 1 is 1.23 bits per heavy atom. The average molecular weight is 308 g/mol. The van der Waals surface area contributed by atoms with Crippen molar-refractivity contribution in [2.45, 2.75) is 19.3 Å². The summed E-state index contributed by atoms with van der Waals surface area (Å²) in [7, 11) is 0. The minimum atomic E-state index is 0.0540. The lowest BCUT2D eigenvalue weighted by molar-refractivity contribution is 0.452. The fraction of sp³-hybridized carbons (Fsp3) is 0.211. The molecule has 2 nitrogen and oxygen atoms in total. The Balaban J connectivity index is 1.94. The largest absolute Gasteiger partial charge is 0.460 e. The van der Waals surface area contributed by atoms with Crippen LogP contribution in [-0.4, -0.2) is 0 Å². The Kier molecular flexibility index (Phi) is 3.05. The van der Waals surface area contributed by atoms with Gasteiger partial charge in [-0.25, -0.2) is 0 Å². The molecule has 0 saturated heterocycles. The minimum Gasteiger partial charge on any atom is -0.460 e. The monoisotopic (exact) mass is 308 g/mol. The second-order valence-corrected chi connectivity index (χ2v) is 6.84. The molecule has 1 aliphatic carbocycles. The molecule has 2 aromatic heterocycles. The molecule has 0 radical (unpaired) electrons. The van der Waals surface area contributed by atoms with E-state index in [0.29, 0.717) is 22.5 Å². The third-order valence-electron chi connectivity index (χ3n) is 4.66. The van der Waals surface area contributed by atoms with E-state index in [1.807, 2.05) is 24.3 Å². The van der Waals surface area contributed by atoms with Gasteiger partial charge in [0.05, 0.1) is 10.9 Å². The molecule has 0 fully saturated rings. The lowest BCUT2D eigenvalue weighted by Crippen LogP contribution is -2.25. The molecule has 4 rings (SSSR count). The second kappa shape index (κ2) is 4.96. The average Bonchev–Trinajstić information content (AvgIpc) is 3.05. The molecular weight excluding hydrogens is 292 g/mol. The zero-order valence-corrected chi connectivity index (χ0v) is 13.2. The van der Waals surface area contributed by atoms with Gasteiger partial charge in [-0.2, -0.15) is 0 Å². The van der Waals surface area contributed by atoms with Gasteiger partial charge >= 0.3 is 0 Å². The van der Waals surface area contributed by atoms with Crippen LogP contribution in [0.5, 0.6) is 0 Å². The molecule has 0 bridgehead atoms. The van der Waals surface area contributed by atoms with Crippen molar-refractivity contribution in [3.05, 3.63) is 74.8 Å². The molecular formula is C19H16O2S. The van der Waals surface area contributed by atoms with E-state index in [4.69, 9.17) is 4.42 Å². The molecule has 3 heteroatoms. The zero-order chi connectivity index (χ0) is 15.3. The summed E-state index contributed by atoms with van der Waals surface area (Å²) in [4.78, 5) is 14.1. The summed E-state index contributed by atoms with van der Waals surface area (Å²) in [6.45, 7) is 6.37. The number of hydrogen-bond donors (Lipinski definition) is 0. The highest BCUT2D eigenvalue weighted by atomic mass is 32.1. The first kappa shape index (κ1) is 13.5. The topological polar surface area (TPSA) is 30.2 Å². The summed E-state index contributed by atoms with van der Waals surface area (Å²) in [6.07, 6.45) is 0.760. The van der Waals surface area contributed by atoms with Crippen molar-refractivity contribution in [1.82, 2.24) is 0 Å². The minimum absolute atomic E-state index is 0.0540. The Labute approximate surface area is 132 Å². The molecule has 2 heterocycles. The van der Waals surface area contributed by atoms with Crippen LogP contribution in [0.2, 0.25) is 0 Å². The van der Waals surface area contributed by atoms with Gasteiger partial charge in [-0.1, -0.05) is 31.7 Å². The maximum atomic E-state index is 12.8. The van der Waals surface area contributed by atoms with Crippen LogP contribution in [0.1, 0.15) is 29.0 Å². The number of fused-ring (bicyclic) bond motifs is 2. The van der Waals surface area contributed by atoms with E-state index in [1.165, 1.54) is 4.88 Å². The van der Waals surface area contributed by atoms with Crippen molar-refractivity contribution in [2.24, 2.45) is 5.92 Å². The molecule has 1 aliphatic rings. The van der Waals surface area contributed by atoms with Gasteiger partial charge in [-0.15, -0.1) is 11.3 Å². The fourth-order valence-electron chi connectivity index (χ4n) is 3.35. The van der Waals surface area contributed by atoms with Crippen LogP contribution in [0.25, 0.3) is 16.5 Å². The highest BCUT2D eigenvalue weighted by Gasteiger charge is 2.33. The number of allylic oxidation sites excluding steroid dienone is 1. The second-order valence-electron chi connectivity index (χ2n) is 5.87. The predicted molar refractivity (Wildman–Crippen MR) is 91.4 cm³/mol. The van der Waals surface area contributed by atoms with E-state index in [2.05, 4.69) is 31.0 Å². The number of hydrogen-bond acceptors (Lipinski definition) is 3. The molecule has 22 heavy (non-hydrogen) atoms. The molecule has 0 saturated carbocycles. The number of rotatable bonds is 1. The van der Waals surface area contributed by atoms with Crippen molar-refractivity contribution in [3.63, 3.8) is 0 Å². The molecule has 0 N–H and O–H groups in total. The van der Waals surface area contributed by atoms with E-state index in [1.54, 1.807) is 11.3 Å². The third-order valence-corrected chi connectivity index (χ3v) is 5.66. The van der Waals surface area contributed by atoms with E-state index in [9.17, 15) is 4.79 Å². The molecule has 0 unspecified atom stereocenters. The fourth-order valence-corrected chi connectivity index (χ4v) is 4.29. The van der Waals surface area contributed by atoms with Crippen molar-refractivity contribution in [2.75, 3.05) is 0 Å². The number of benzene rings is 1. The Morgan fingerprint density at radius 2 is 2.05 bits per heavy atom. The first-order valence-electron chi connectivity index (χ1n) is 7.44. The van der Waals surface area contributed by atoms with Crippen molar-refractivity contribution < 1.29 is 4.42 Å².